The van der Waals surface area contributed by atoms with E-state index in [0.717, 1.165) is 11.1 Å². The molecule has 1 aromatic carbocycles. The van der Waals surface area contributed by atoms with Gasteiger partial charge in [0.25, 0.3) is 0 Å². The van der Waals surface area contributed by atoms with Gasteiger partial charge in [-0.1, -0.05) is 44.5 Å². The molecule has 1 aromatic rings. The Bertz CT molecular complexity index is 454. The molecule has 0 bridgehead atoms. The molecule has 3 N–H and O–H groups in total. The van der Waals surface area contributed by atoms with Crippen LogP contribution >= 0.6 is 11.6 Å². The number of carboxylic acid groups (broad SMARTS) is 1. The van der Waals surface area contributed by atoms with Gasteiger partial charge in [-0.2, -0.15) is 0 Å². The molecule has 1 amide bonds. The van der Waals surface area contributed by atoms with E-state index < -0.39 is 12.1 Å². The van der Waals surface area contributed by atoms with Crippen LogP contribution in [0.2, 0.25) is 5.02 Å². The van der Waals surface area contributed by atoms with Crippen molar-refractivity contribution in [2.45, 2.75) is 38.6 Å². The lowest BCUT2D eigenvalue weighted by Gasteiger charge is -2.24. The third-order valence-corrected chi connectivity index (χ3v) is 3.25. The van der Waals surface area contributed by atoms with E-state index in [9.17, 15) is 4.79 Å². The first-order chi connectivity index (χ1) is 8.75. The summed E-state index contributed by atoms with van der Waals surface area (Å²) >= 11 is 6.18. The van der Waals surface area contributed by atoms with Crippen molar-refractivity contribution in [1.82, 2.24) is 5.32 Å². The molecule has 5 heteroatoms. The molecular formula is C14H20ClNO3. The third-order valence-electron chi connectivity index (χ3n) is 2.92. The first kappa shape index (κ1) is 15.8. The zero-order chi connectivity index (χ0) is 14.6. The summed E-state index contributed by atoms with van der Waals surface area (Å²) in [5.74, 6) is 0. The van der Waals surface area contributed by atoms with Gasteiger partial charge in [-0.3, -0.25) is 0 Å². The Kier molecular flexibility index (Phi) is 5.20. The number of aliphatic hydroxyl groups is 1. The number of hydrogen-bond donors (Lipinski definition) is 3. The fraction of sp³-hybridized carbons (Fsp3) is 0.500. The maximum atomic E-state index is 10.8. The van der Waals surface area contributed by atoms with Gasteiger partial charge in [0.2, 0.25) is 0 Å². The monoisotopic (exact) mass is 285 g/mol. The average molecular weight is 286 g/mol. The van der Waals surface area contributed by atoms with Gasteiger partial charge >= 0.3 is 6.09 Å². The van der Waals surface area contributed by atoms with E-state index in [0.29, 0.717) is 11.4 Å². The quantitative estimate of drug-likeness (QED) is 0.795. The van der Waals surface area contributed by atoms with Gasteiger partial charge in [-0.25, -0.2) is 4.79 Å². The van der Waals surface area contributed by atoms with Gasteiger partial charge in [-0.15, -0.1) is 0 Å². The van der Waals surface area contributed by atoms with Crippen molar-refractivity contribution >= 4 is 17.7 Å². The summed E-state index contributed by atoms with van der Waals surface area (Å²) in [6.07, 6.45) is -0.775. The van der Waals surface area contributed by atoms with Crippen LogP contribution in [0.15, 0.2) is 18.2 Å². The molecule has 0 aromatic heterocycles. The average Bonchev–Trinajstić information content (AvgIpc) is 2.27. The van der Waals surface area contributed by atoms with E-state index >= 15 is 0 Å². The van der Waals surface area contributed by atoms with Crippen molar-refractivity contribution in [3.8, 4) is 0 Å². The third kappa shape index (κ3) is 4.40. The van der Waals surface area contributed by atoms with Gasteiger partial charge in [0.05, 0.1) is 6.04 Å². The Morgan fingerprint density at radius 2 is 2.05 bits per heavy atom. The Labute approximate surface area is 118 Å². The molecule has 0 aliphatic heterocycles. The lowest BCUT2D eigenvalue weighted by atomic mass is 9.85. The van der Waals surface area contributed by atoms with E-state index in [4.69, 9.17) is 21.8 Å². The summed E-state index contributed by atoms with van der Waals surface area (Å²) in [5.41, 5.74) is 1.65. The van der Waals surface area contributed by atoms with E-state index in [-0.39, 0.29) is 12.0 Å². The van der Waals surface area contributed by atoms with Crippen molar-refractivity contribution in [1.29, 1.82) is 0 Å². The van der Waals surface area contributed by atoms with Crippen LogP contribution in [0.25, 0.3) is 0 Å². The predicted molar refractivity (Wildman–Crippen MR) is 75.8 cm³/mol. The smallest absolute Gasteiger partial charge is 0.405 e. The van der Waals surface area contributed by atoms with Crippen LogP contribution in [0.5, 0.6) is 0 Å². The zero-order valence-electron chi connectivity index (χ0n) is 11.4. The normalized spacial score (nSPS) is 13.1. The highest BCUT2D eigenvalue weighted by atomic mass is 35.5. The predicted octanol–water partition coefficient (Wildman–Crippen LogP) is 3.33. The van der Waals surface area contributed by atoms with Gasteiger partial charge in [0, 0.05) is 11.6 Å². The highest BCUT2D eigenvalue weighted by Crippen LogP contribution is 2.32. The maximum absolute atomic E-state index is 10.8. The standard InChI is InChI=1S/C14H20ClNO3/c1-14(2,3)10-8-9(4-5-11(10)15)12(6-7-17)16-13(18)19/h4-5,8,12,16-17H,6-7H2,1-3H3,(H,18,19). The van der Waals surface area contributed by atoms with E-state index in [1.807, 2.05) is 26.8 Å². The Balaban J connectivity index is 3.14. The Morgan fingerprint density at radius 3 is 2.53 bits per heavy atom. The Hall–Kier alpha value is -1.26. The molecule has 0 radical (unpaired) electrons. The number of carbonyl (C=O) groups is 1. The SMILES string of the molecule is CC(C)(C)c1cc(C(CCO)NC(=O)O)ccc1Cl. The molecule has 0 aliphatic carbocycles. The molecule has 0 spiro atoms. The van der Waals surface area contributed by atoms with Gasteiger partial charge < -0.3 is 15.5 Å². The first-order valence-electron chi connectivity index (χ1n) is 6.16. The summed E-state index contributed by atoms with van der Waals surface area (Å²) in [7, 11) is 0. The van der Waals surface area contributed by atoms with Crippen LogP contribution in [0.3, 0.4) is 0 Å². The van der Waals surface area contributed by atoms with Gasteiger partial charge in [0.1, 0.15) is 0 Å². The van der Waals surface area contributed by atoms with Crippen molar-refractivity contribution in [2.75, 3.05) is 6.61 Å². The van der Waals surface area contributed by atoms with E-state index in [1.54, 1.807) is 12.1 Å². The summed E-state index contributed by atoms with van der Waals surface area (Å²) in [4.78, 5) is 10.8. The number of nitrogens with one attached hydrogen (secondary N) is 1. The number of aliphatic hydroxyl groups excluding tert-OH is 1. The van der Waals surface area contributed by atoms with Gasteiger partial charge in [-0.05, 0) is 29.0 Å². The maximum Gasteiger partial charge on any atom is 0.405 e. The fourth-order valence-corrected chi connectivity index (χ4v) is 2.34. The molecule has 0 saturated heterocycles. The highest BCUT2D eigenvalue weighted by molar-refractivity contribution is 6.31. The molecule has 0 saturated carbocycles. The number of rotatable bonds is 4. The first-order valence-corrected chi connectivity index (χ1v) is 6.53. The number of amides is 1. The molecule has 1 unspecified atom stereocenters. The van der Waals surface area contributed by atoms with Crippen molar-refractivity contribution in [2.24, 2.45) is 0 Å². The van der Waals surface area contributed by atoms with Crippen LogP contribution in [0.1, 0.15) is 44.4 Å². The highest BCUT2D eigenvalue weighted by Gasteiger charge is 2.20. The lowest BCUT2D eigenvalue weighted by Crippen LogP contribution is -2.28. The Morgan fingerprint density at radius 1 is 1.42 bits per heavy atom. The largest absolute Gasteiger partial charge is 0.465 e. The second kappa shape index (κ2) is 6.26. The van der Waals surface area contributed by atoms with Crippen LogP contribution in [-0.4, -0.2) is 22.9 Å². The molecule has 4 nitrogen and oxygen atoms in total. The fourth-order valence-electron chi connectivity index (χ4n) is 1.93. The van der Waals surface area contributed by atoms with Crippen molar-refractivity contribution < 1.29 is 15.0 Å². The summed E-state index contributed by atoms with van der Waals surface area (Å²) in [6.45, 7) is 6.05. The molecular weight excluding hydrogens is 266 g/mol. The van der Waals surface area contributed by atoms with Crippen molar-refractivity contribution in [3.63, 3.8) is 0 Å². The minimum Gasteiger partial charge on any atom is -0.465 e. The number of hydrogen-bond acceptors (Lipinski definition) is 2. The van der Waals surface area contributed by atoms with Crippen molar-refractivity contribution in [3.05, 3.63) is 34.3 Å². The molecule has 1 atom stereocenters. The van der Waals surface area contributed by atoms with Crippen LogP contribution in [0, 0.1) is 0 Å². The molecule has 1 rings (SSSR count). The molecule has 106 valence electrons. The summed E-state index contributed by atoms with van der Waals surface area (Å²) < 4.78 is 0. The van der Waals surface area contributed by atoms with Gasteiger partial charge in [0.15, 0.2) is 0 Å². The zero-order valence-corrected chi connectivity index (χ0v) is 12.2. The minimum absolute atomic E-state index is 0.0849. The molecule has 0 heterocycles. The van der Waals surface area contributed by atoms with Crippen LogP contribution < -0.4 is 5.32 Å². The van der Waals surface area contributed by atoms with Crippen LogP contribution in [0.4, 0.5) is 4.79 Å². The second-order valence-corrected chi connectivity index (χ2v) is 5.91. The summed E-state index contributed by atoms with van der Waals surface area (Å²) in [5, 5.41) is 20.9. The second-order valence-electron chi connectivity index (χ2n) is 5.50. The number of halogens is 1. The molecule has 19 heavy (non-hydrogen) atoms. The lowest BCUT2D eigenvalue weighted by molar-refractivity contribution is 0.185. The van der Waals surface area contributed by atoms with Crippen LogP contribution in [-0.2, 0) is 5.41 Å². The molecule has 0 aliphatic rings. The minimum atomic E-state index is -1.11. The van der Waals surface area contributed by atoms with E-state index in [1.165, 1.54) is 0 Å². The number of benzene rings is 1. The molecule has 0 fully saturated rings. The van der Waals surface area contributed by atoms with E-state index in [2.05, 4.69) is 5.32 Å². The summed E-state index contributed by atoms with van der Waals surface area (Å²) in [6, 6.07) is 5.03. The topological polar surface area (TPSA) is 69.6 Å².